The molecule has 0 fully saturated rings. The molecule has 0 bridgehead atoms. The van der Waals surface area contributed by atoms with Crippen molar-refractivity contribution in [3.8, 4) is 10.4 Å². The van der Waals surface area contributed by atoms with Gasteiger partial charge in [-0.25, -0.2) is 0 Å². The van der Waals surface area contributed by atoms with Crippen molar-refractivity contribution in [2.75, 3.05) is 13.2 Å². The number of unbranched alkanes of at least 4 members (excludes halogenated alkanes) is 1. The first-order valence-corrected chi connectivity index (χ1v) is 7.32. The van der Waals surface area contributed by atoms with Crippen LogP contribution in [-0.2, 0) is 11.2 Å². The number of aryl methyl sites for hydroxylation is 1. The number of hydrogen-bond acceptors (Lipinski definition) is 2. The molecule has 0 aromatic heterocycles. The van der Waals surface area contributed by atoms with E-state index in [1.165, 1.54) is 28.8 Å². The van der Waals surface area contributed by atoms with Crippen LogP contribution in [0.5, 0.6) is 0 Å². The predicted octanol–water partition coefficient (Wildman–Crippen LogP) is 4.60. The van der Waals surface area contributed by atoms with Gasteiger partial charge in [-0.15, -0.1) is 11.3 Å². The molecule has 1 heterocycles. The summed E-state index contributed by atoms with van der Waals surface area (Å²) in [6.07, 6.45) is 4.66. The van der Waals surface area contributed by atoms with E-state index in [2.05, 4.69) is 36.6 Å². The Labute approximate surface area is 108 Å². The number of rotatable bonds is 7. The summed E-state index contributed by atoms with van der Waals surface area (Å²) in [4.78, 5) is 1.40. The molecule has 0 aromatic carbocycles. The molecule has 2 heteroatoms. The smallest absolute Gasteiger partial charge is 0.0469 e. The lowest BCUT2D eigenvalue weighted by atomic mass is 10.2. The molecular weight excluding hydrogens is 228 g/mol. The van der Waals surface area contributed by atoms with Gasteiger partial charge in [0.25, 0.3) is 0 Å². The van der Waals surface area contributed by atoms with E-state index in [1.807, 2.05) is 11.3 Å². The van der Waals surface area contributed by atoms with E-state index < -0.39 is 0 Å². The van der Waals surface area contributed by atoms with Gasteiger partial charge in [0.2, 0.25) is 0 Å². The second-order valence-electron chi connectivity index (χ2n) is 4.37. The highest BCUT2D eigenvalue weighted by Gasteiger charge is 2.05. The van der Waals surface area contributed by atoms with Crippen LogP contribution in [0.3, 0.4) is 0 Å². The zero-order chi connectivity index (χ0) is 11.9. The first-order valence-electron chi connectivity index (χ1n) is 6.44. The Morgan fingerprint density at radius 2 is 2.06 bits per heavy atom. The van der Waals surface area contributed by atoms with Crippen LogP contribution < -0.4 is 0 Å². The van der Waals surface area contributed by atoms with Crippen LogP contribution >= 0.6 is 11.3 Å². The van der Waals surface area contributed by atoms with E-state index in [-0.39, 0.29) is 0 Å². The van der Waals surface area contributed by atoms with Gasteiger partial charge in [0, 0.05) is 18.1 Å². The summed E-state index contributed by atoms with van der Waals surface area (Å²) in [5.74, 6) is 0. The van der Waals surface area contributed by atoms with Crippen molar-refractivity contribution in [3.63, 3.8) is 0 Å². The van der Waals surface area contributed by atoms with Crippen molar-refractivity contribution in [1.82, 2.24) is 0 Å². The molecule has 0 radical (unpaired) electrons. The lowest BCUT2D eigenvalue weighted by Gasteiger charge is -2.01. The van der Waals surface area contributed by atoms with Crippen molar-refractivity contribution in [2.45, 2.75) is 32.6 Å². The van der Waals surface area contributed by atoms with E-state index >= 15 is 0 Å². The molecule has 0 N–H and O–H groups in total. The highest BCUT2D eigenvalue weighted by Crippen LogP contribution is 2.29. The molecular formula is C15H20OS. The Morgan fingerprint density at radius 3 is 2.88 bits per heavy atom. The van der Waals surface area contributed by atoms with Crippen molar-refractivity contribution < 1.29 is 4.74 Å². The minimum absolute atomic E-state index is 0.894. The zero-order valence-corrected chi connectivity index (χ0v) is 11.3. The van der Waals surface area contributed by atoms with Crippen LogP contribution in [0.25, 0.3) is 10.4 Å². The second-order valence-corrected chi connectivity index (χ2v) is 5.31. The summed E-state index contributed by atoms with van der Waals surface area (Å²) >= 11 is 1.82. The summed E-state index contributed by atoms with van der Waals surface area (Å²) in [6, 6.07) is 8.92. The molecule has 0 unspecified atom stereocenters. The normalized spacial score (nSPS) is 11.1. The van der Waals surface area contributed by atoms with E-state index in [4.69, 9.17) is 4.74 Å². The second kappa shape index (κ2) is 6.77. The standard InChI is InChI=1S/C15H20OS/c1-2-3-8-16-9-4-6-13-11-14-7-5-10-17-15(14)12-13/h5,7,10-12H,2-4,6,8-9H2,1H3. The van der Waals surface area contributed by atoms with E-state index in [1.54, 1.807) is 0 Å². The van der Waals surface area contributed by atoms with Gasteiger partial charge in [0.15, 0.2) is 0 Å². The van der Waals surface area contributed by atoms with E-state index in [0.29, 0.717) is 0 Å². The van der Waals surface area contributed by atoms with Crippen molar-refractivity contribution in [1.29, 1.82) is 0 Å². The average Bonchev–Trinajstić information content (AvgIpc) is 2.76. The van der Waals surface area contributed by atoms with Gasteiger partial charge in [0.1, 0.15) is 0 Å². The Kier molecular flexibility index (Phi) is 5.02. The molecule has 0 saturated carbocycles. The molecule has 1 aliphatic carbocycles. The highest BCUT2D eigenvalue weighted by atomic mass is 32.1. The largest absolute Gasteiger partial charge is 0.381 e. The molecule has 0 atom stereocenters. The van der Waals surface area contributed by atoms with Crippen LogP contribution in [0.4, 0.5) is 0 Å². The van der Waals surface area contributed by atoms with Gasteiger partial charge in [-0.05, 0) is 41.8 Å². The zero-order valence-electron chi connectivity index (χ0n) is 10.4. The van der Waals surface area contributed by atoms with Crippen LogP contribution in [0, 0.1) is 0 Å². The molecule has 1 aliphatic heterocycles. The minimum atomic E-state index is 0.894. The number of fused-ring (bicyclic) bond motifs is 1. The first-order chi connectivity index (χ1) is 8.40. The third kappa shape index (κ3) is 3.83. The summed E-state index contributed by atoms with van der Waals surface area (Å²) in [5.41, 5.74) is 2.82. The molecule has 0 spiro atoms. The Hall–Kier alpha value is -0.860. The van der Waals surface area contributed by atoms with Gasteiger partial charge in [-0.2, -0.15) is 0 Å². The lowest BCUT2D eigenvalue weighted by Crippen LogP contribution is -1.97. The highest BCUT2D eigenvalue weighted by molar-refractivity contribution is 7.13. The summed E-state index contributed by atoms with van der Waals surface area (Å²) in [7, 11) is 0. The Balaban J connectivity index is 1.74. The Bertz CT molecular complexity index is 377. The van der Waals surface area contributed by atoms with Crippen molar-refractivity contribution >= 4 is 11.3 Å². The fraction of sp³-hybridized carbons (Fsp3) is 0.467. The van der Waals surface area contributed by atoms with Crippen LogP contribution in [0.15, 0.2) is 29.6 Å². The molecule has 0 saturated heterocycles. The quantitative estimate of drug-likeness (QED) is 0.651. The molecule has 17 heavy (non-hydrogen) atoms. The summed E-state index contributed by atoms with van der Waals surface area (Å²) < 4.78 is 5.57. The average molecular weight is 248 g/mol. The predicted molar refractivity (Wildman–Crippen MR) is 75.0 cm³/mol. The monoisotopic (exact) mass is 248 g/mol. The molecule has 92 valence electrons. The van der Waals surface area contributed by atoms with Crippen LogP contribution in [-0.4, -0.2) is 13.2 Å². The minimum Gasteiger partial charge on any atom is -0.381 e. The number of hydrogen-bond donors (Lipinski definition) is 0. The fourth-order valence-electron chi connectivity index (χ4n) is 1.92. The lowest BCUT2D eigenvalue weighted by molar-refractivity contribution is 0.129. The maximum atomic E-state index is 5.57. The van der Waals surface area contributed by atoms with Gasteiger partial charge < -0.3 is 4.74 Å². The van der Waals surface area contributed by atoms with Gasteiger partial charge in [-0.1, -0.05) is 31.5 Å². The molecule has 2 rings (SSSR count). The number of ether oxygens (including phenoxy) is 1. The van der Waals surface area contributed by atoms with Gasteiger partial charge in [-0.3, -0.25) is 0 Å². The molecule has 0 aromatic rings. The molecule has 0 amide bonds. The van der Waals surface area contributed by atoms with Gasteiger partial charge >= 0.3 is 0 Å². The topological polar surface area (TPSA) is 9.23 Å². The van der Waals surface area contributed by atoms with Crippen molar-refractivity contribution in [2.24, 2.45) is 0 Å². The van der Waals surface area contributed by atoms with E-state index in [0.717, 1.165) is 26.1 Å². The van der Waals surface area contributed by atoms with Crippen molar-refractivity contribution in [3.05, 3.63) is 35.2 Å². The first kappa shape index (κ1) is 12.6. The molecule has 2 aliphatic rings. The maximum Gasteiger partial charge on any atom is 0.0469 e. The summed E-state index contributed by atoms with van der Waals surface area (Å²) in [5, 5.41) is 2.14. The maximum absolute atomic E-state index is 5.57. The summed E-state index contributed by atoms with van der Waals surface area (Å²) in [6.45, 7) is 4.01. The van der Waals surface area contributed by atoms with Crippen LogP contribution in [0.1, 0.15) is 31.7 Å². The van der Waals surface area contributed by atoms with E-state index in [9.17, 15) is 0 Å². The Morgan fingerprint density at radius 1 is 1.18 bits per heavy atom. The molecule has 1 nitrogen and oxygen atoms in total. The third-order valence-corrected chi connectivity index (χ3v) is 3.79. The third-order valence-electron chi connectivity index (χ3n) is 2.89. The van der Waals surface area contributed by atoms with Gasteiger partial charge in [0.05, 0.1) is 0 Å². The SMILES string of the molecule is CCCCOCCCc1cc2cccsc-2c1. The fourth-order valence-corrected chi connectivity index (χ4v) is 2.71. The van der Waals surface area contributed by atoms with Crippen LogP contribution in [0.2, 0.25) is 0 Å².